The van der Waals surface area contributed by atoms with Gasteiger partial charge in [-0.25, -0.2) is 0 Å². The molecule has 0 spiro atoms. The van der Waals surface area contributed by atoms with Gasteiger partial charge in [0.25, 0.3) is 0 Å². The fraction of sp³-hybridized carbons (Fsp3) is 0.864. The maximum absolute atomic E-state index is 10.4. The van der Waals surface area contributed by atoms with Crippen LogP contribution in [0.15, 0.2) is 12.2 Å². The van der Waals surface area contributed by atoms with Crippen molar-refractivity contribution in [2.75, 3.05) is 0 Å². The van der Waals surface area contributed by atoms with Gasteiger partial charge >= 0.3 is 0 Å². The molecule has 1 nitrogen and oxygen atoms in total. The average molecular weight is 323 g/mol. The van der Waals surface area contributed by atoms with E-state index in [1.54, 1.807) is 0 Å². The second-order valence-corrected chi connectivity index (χ2v) is 7.18. The lowest BCUT2D eigenvalue weighted by Gasteiger charge is -2.03. The molecule has 0 radical (unpaired) electrons. The zero-order valence-electron chi connectivity index (χ0n) is 15.9. The van der Waals surface area contributed by atoms with Gasteiger partial charge in [0.1, 0.15) is 6.29 Å². The van der Waals surface area contributed by atoms with E-state index < -0.39 is 0 Å². The van der Waals surface area contributed by atoms with Crippen LogP contribution in [0, 0.1) is 0 Å². The summed E-state index contributed by atoms with van der Waals surface area (Å²) in [6.45, 7) is 6.00. The maximum atomic E-state index is 10.4. The van der Waals surface area contributed by atoms with Crippen molar-refractivity contribution in [3.05, 3.63) is 12.2 Å². The zero-order valence-corrected chi connectivity index (χ0v) is 15.9. The molecule has 0 rings (SSSR count). The Morgan fingerprint density at radius 2 is 0.913 bits per heavy atom. The van der Waals surface area contributed by atoms with Crippen LogP contribution in [0.4, 0.5) is 0 Å². The third-order valence-electron chi connectivity index (χ3n) is 4.77. The maximum Gasteiger partial charge on any atom is 0.145 e. The van der Waals surface area contributed by atoms with Gasteiger partial charge in [-0.3, -0.25) is 4.79 Å². The van der Waals surface area contributed by atoms with E-state index in [4.69, 9.17) is 0 Å². The monoisotopic (exact) mass is 322 g/mol. The summed E-state index contributed by atoms with van der Waals surface area (Å²) in [5, 5.41) is 0. The molecule has 0 atom stereocenters. The van der Waals surface area contributed by atoms with Gasteiger partial charge in [0, 0.05) is 0 Å². The molecule has 0 amide bonds. The molecule has 0 aliphatic heterocycles. The van der Waals surface area contributed by atoms with Crippen LogP contribution in [0.5, 0.6) is 0 Å². The van der Waals surface area contributed by atoms with Crippen molar-refractivity contribution >= 4 is 6.29 Å². The third-order valence-corrected chi connectivity index (χ3v) is 4.77. The Morgan fingerprint density at radius 3 is 1.22 bits per heavy atom. The first kappa shape index (κ1) is 22.4. The summed E-state index contributed by atoms with van der Waals surface area (Å²) < 4.78 is 0. The normalized spacial score (nSPS) is 10.8. The number of aldehydes is 1. The van der Waals surface area contributed by atoms with E-state index >= 15 is 0 Å². The molecule has 0 aromatic rings. The van der Waals surface area contributed by atoms with Gasteiger partial charge in [-0.05, 0) is 18.4 Å². The number of carbonyl (C=O) groups is 1. The summed E-state index contributed by atoms with van der Waals surface area (Å²) in [7, 11) is 0. The molecule has 23 heavy (non-hydrogen) atoms. The van der Waals surface area contributed by atoms with Crippen molar-refractivity contribution in [1.29, 1.82) is 0 Å². The summed E-state index contributed by atoms with van der Waals surface area (Å²) in [6.07, 6.45) is 25.5. The van der Waals surface area contributed by atoms with Crippen LogP contribution in [-0.4, -0.2) is 6.29 Å². The Bertz CT molecular complexity index is 257. The van der Waals surface area contributed by atoms with Gasteiger partial charge in [0.2, 0.25) is 0 Å². The molecule has 0 unspecified atom stereocenters. The summed E-state index contributed by atoms with van der Waals surface area (Å²) >= 11 is 0. The van der Waals surface area contributed by atoms with Crippen LogP contribution >= 0.6 is 0 Å². The predicted molar refractivity (Wildman–Crippen MR) is 104 cm³/mol. The van der Waals surface area contributed by atoms with Gasteiger partial charge in [0.05, 0.1) is 0 Å². The second-order valence-electron chi connectivity index (χ2n) is 7.18. The lowest BCUT2D eigenvalue weighted by atomic mass is 10.0. The highest BCUT2D eigenvalue weighted by Gasteiger charge is 1.95. The van der Waals surface area contributed by atoms with Crippen LogP contribution in [0.25, 0.3) is 0 Å². The number of hydrogen-bond donors (Lipinski definition) is 0. The summed E-state index contributed by atoms with van der Waals surface area (Å²) in [6, 6.07) is 0. The van der Waals surface area contributed by atoms with Crippen molar-refractivity contribution in [2.45, 2.75) is 122 Å². The van der Waals surface area contributed by atoms with Gasteiger partial charge in [0.15, 0.2) is 0 Å². The molecule has 0 aliphatic carbocycles. The predicted octanol–water partition coefficient (Wildman–Crippen LogP) is 7.78. The number of unbranched alkanes of at least 4 members (excludes halogenated alkanes) is 16. The molecule has 0 bridgehead atoms. The highest BCUT2D eigenvalue weighted by Crippen LogP contribution is 2.14. The molecule has 0 aromatic heterocycles. The minimum Gasteiger partial charge on any atom is -0.298 e. The van der Waals surface area contributed by atoms with Gasteiger partial charge < -0.3 is 0 Å². The number of carbonyl (C=O) groups excluding carboxylic acids is 1. The van der Waals surface area contributed by atoms with Gasteiger partial charge in [-0.1, -0.05) is 116 Å². The number of hydrogen-bond acceptors (Lipinski definition) is 1. The first-order chi connectivity index (χ1) is 11.3. The molecule has 0 saturated heterocycles. The van der Waals surface area contributed by atoms with Crippen molar-refractivity contribution in [1.82, 2.24) is 0 Å². The van der Waals surface area contributed by atoms with E-state index in [-0.39, 0.29) is 0 Å². The van der Waals surface area contributed by atoms with E-state index in [1.807, 2.05) is 0 Å². The van der Waals surface area contributed by atoms with Gasteiger partial charge in [-0.2, -0.15) is 0 Å². The molecule has 0 fully saturated rings. The van der Waals surface area contributed by atoms with Gasteiger partial charge in [-0.15, -0.1) is 0 Å². The summed E-state index contributed by atoms with van der Waals surface area (Å²) in [5.41, 5.74) is 0.756. The van der Waals surface area contributed by atoms with Crippen LogP contribution in [0.2, 0.25) is 0 Å². The number of rotatable bonds is 19. The lowest BCUT2D eigenvalue weighted by Crippen LogP contribution is -1.85. The first-order valence-corrected chi connectivity index (χ1v) is 10.4. The van der Waals surface area contributed by atoms with E-state index in [1.165, 1.54) is 103 Å². The molecule has 0 heterocycles. The van der Waals surface area contributed by atoms with Crippen LogP contribution < -0.4 is 0 Å². The molecule has 0 saturated carbocycles. The van der Waals surface area contributed by atoms with Crippen molar-refractivity contribution in [3.63, 3.8) is 0 Å². The Morgan fingerprint density at radius 1 is 0.609 bits per heavy atom. The molecule has 0 aromatic carbocycles. The highest BCUT2D eigenvalue weighted by atomic mass is 16.1. The van der Waals surface area contributed by atoms with Crippen LogP contribution in [0.1, 0.15) is 122 Å². The second kappa shape index (κ2) is 19.5. The highest BCUT2D eigenvalue weighted by molar-refractivity contribution is 5.71. The van der Waals surface area contributed by atoms with Crippen LogP contribution in [0.3, 0.4) is 0 Å². The Kier molecular flexibility index (Phi) is 19.0. The minimum atomic E-state index is 0.756. The third kappa shape index (κ3) is 19.4. The lowest BCUT2D eigenvalue weighted by molar-refractivity contribution is -0.105. The summed E-state index contributed by atoms with van der Waals surface area (Å²) in [4.78, 5) is 10.4. The Balaban J connectivity index is 3.00. The zero-order chi connectivity index (χ0) is 17.0. The van der Waals surface area contributed by atoms with Crippen molar-refractivity contribution in [2.24, 2.45) is 0 Å². The molecule has 0 N–H and O–H groups in total. The standard InChI is InChI=1S/C22H42O/c1-3-4-5-6-7-8-9-10-11-12-13-14-15-16-17-18-19-20-22(2)21-23/h21H,2-20H2,1H3. The van der Waals surface area contributed by atoms with Crippen LogP contribution in [-0.2, 0) is 4.79 Å². The average Bonchev–Trinajstić information content (AvgIpc) is 2.57. The Hall–Kier alpha value is -0.590. The molecule has 136 valence electrons. The van der Waals surface area contributed by atoms with Crippen molar-refractivity contribution < 1.29 is 4.79 Å². The number of allylic oxidation sites excluding steroid dienone is 1. The molecule has 0 aliphatic rings. The topological polar surface area (TPSA) is 17.1 Å². The van der Waals surface area contributed by atoms with E-state index in [2.05, 4.69) is 13.5 Å². The molecular weight excluding hydrogens is 280 g/mol. The van der Waals surface area contributed by atoms with E-state index in [0.717, 1.165) is 24.7 Å². The van der Waals surface area contributed by atoms with E-state index in [9.17, 15) is 4.79 Å². The van der Waals surface area contributed by atoms with E-state index in [0.29, 0.717) is 0 Å². The molecular formula is C22H42O. The summed E-state index contributed by atoms with van der Waals surface area (Å²) in [5.74, 6) is 0. The fourth-order valence-electron chi connectivity index (χ4n) is 3.14. The quantitative estimate of drug-likeness (QED) is 0.135. The first-order valence-electron chi connectivity index (χ1n) is 10.4. The fourth-order valence-corrected chi connectivity index (χ4v) is 3.14. The largest absolute Gasteiger partial charge is 0.298 e. The molecule has 1 heteroatoms. The Labute approximate surface area is 146 Å². The smallest absolute Gasteiger partial charge is 0.145 e. The van der Waals surface area contributed by atoms with Crippen molar-refractivity contribution in [3.8, 4) is 0 Å². The minimum absolute atomic E-state index is 0.756. The SMILES string of the molecule is C=C(C=O)CCCCCCCCCCCCCCCCCCC.